The van der Waals surface area contributed by atoms with Gasteiger partial charge in [-0.3, -0.25) is 19.6 Å². The van der Waals surface area contributed by atoms with Crippen LogP contribution in [-0.2, 0) is 6.54 Å². The number of amides is 1. The number of carbonyl (C=O) groups excluding carboxylic acids is 1. The van der Waals surface area contributed by atoms with Crippen LogP contribution in [0.15, 0.2) is 41.8 Å². The Balaban J connectivity index is 1.72. The third-order valence-corrected chi connectivity index (χ3v) is 5.83. The zero-order chi connectivity index (χ0) is 21.1. The van der Waals surface area contributed by atoms with Gasteiger partial charge in [-0.2, -0.15) is 5.10 Å². The van der Waals surface area contributed by atoms with E-state index in [1.807, 2.05) is 29.6 Å². The molecule has 152 valence electrons. The summed E-state index contributed by atoms with van der Waals surface area (Å²) in [5.74, 6) is 0.157. The second-order valence-electron chi connectivity index (χ2n) is 7.34. The van der Waals surface area contributed by atoms with E-state index < -0.39 is 4.92 Å². The van der Waals surface area contributed by atoms with Crippen molar-refractivity contribution in [2.75, 3.05) is 0 Å². The van der Waals surface area contributed by atoms with Crippen molar-refractivity contribution in [2.24, 2.45) is 5.92 Å². The first-order valence-corrected chi connectivity index (χ1v) is 10.3. The van der Waals surface area contributed by atoms with Crippen molar-refractivity contribution >= 4 is 22.9 Å². The number of hydrogen-bond donors (Lipinski definition) is 1. The summed E-state index contributed by atoms with van der Waals surface area (Å²) in [5.41, 5.74) is 2.46. The van der Waals surface area contributed by atoms with Gasteiger partial charge in [0.15, 0.2) is 0 Å². The molecule has 3 aromatic rings. The summed E-state index contributed by atoms with van der Waals surface area (Å²) in [7, 11) is 0. The van der Waals surface area contributed by atoms with Gasteiger partial charge >= 0.3 is 5.69 Å². The molecule has 8 heteroatoms. The number of rotatable bonds is 7. The van der Waals surface area contributed by atoms with Gasteiger partial charge in [-0.05, 0) is 48.9 Å². The second-order valence-corrected chi connectivity index (χ2v) is 8.32. The van der Waals surface area contributed by atoms with Crippen LogP contribution < -0.4 is 5.32 Å². The molecule has 0 saturated carbocycles. The number of aromatic nitrogens is 2. The number of benzene rings is 1. The van der Waals surface area contributed by atoms with Crippen LogP contribution >= 0.6 is 11.3 Å². The smallest absolute Gasteiger partial charge is 0.312 e. The molecule has 1 atom stereocenters. The monoisotopic (exact) mass is 412 g/mol. The molecule has 7 nitrogen and oxygen atoms in total. The van der Waals surface area contributed by atoms with Crippen molar-refractivity contribution in [2.45, 2.75) is 40.3 Å². The molecule has 29 heavy (non-hydrogen) atoms. The van der Waals surface area contributed by atoms with Gasteiger partial charge in [0.05, 0.1) is 17.5 Å². The predicted octanol–water partition coefficient (Wildman–Crippen LogP) is 4.65. The summed E-state index contributed by atoms with van der Waals surface area (Å²) in [5, 5.41) is 20.6. The van der Waals surface area contributed by atoms with Gasteiger partial charge in [0, 0.05) is 10.4 Å². The van der Waals surface area contributed by atoms with Crippen molar-refractivity contribution in [1.29, 1.82) is 0 Å². The first-order valence-electron chi connectivity index (χ1n) is 9.39. The van der Waals surface area contributed by atoms with E-state index in [-0.39, 0.29) is 23.6 Å². The zero-order valence-electron chi connectivity index (χ0n) is 16.9. The van der Waals surface area contributed by atoms with Crippen LogP contribution in [0.5, 0.6) is 0 Å². The molecule has 1 aromatic carbocycles. The van der Waals surface area contributed by atoms with Crippen molar-refractivity contribution in [3.05, 3.63) is 79.3 Å². The lowest BCUT2D eigenvalue weighted by atomic mass is 10.0. The van der Waals surface area contributed by atoms with E-state index >= 15 is 0 Å². The average Bonchev–Trinajstić information content (AvgIpc) is 3.28. The number of thiophene rings is 1. The van der Waals surface area contributed by atoms with Gasteiger partial charge in [0.2, 0.25) is 0 Å². The average molecular weight is 413 g/mol. The highest BCUT2D eigenvalue weighted by molar-refractivity contribution is 7.10. The van der Waals surface area contributed by atoms with Gasteiger partial charge in [-0.25, -0.2) is 0 Å². The third-order valence-electron chi connectivity index (χ3n) is 4.88. The maximum absolute atomic E-state index is 12.7. The third kappa shape index (κ3) is 4.54. The highest BCUT2D eigenvalue weighted by Gasteiger charge is 2.22. The first kappa shape index (κ1) is 20.7. The van der Waals surface area contributed by atoms with Crippen LogP contribution in [0.2, 0.25) is 0 Å². The SMILES string of the molecule is Cc1nn(Cc2ccc(C(=O)N[C@@H](c3cccs3)C(C)C)cc2)c(C)c1[N+](=O)[O-]. The fourth-order valence-corrected chi connectivity index (χ4v) is 4.25. The molecule has 0 bridgehead atoms. The maximum Gasteiger partial charge on any atom is 0.312 e. The lowest BCUT2D eigenvalue weighted by Gasteiger charge is -2.21. The molecule has 0 fully saturated rings. The highest BCUT2D eigenvalue weighted by Crippen LogP contribution is 2.26. The molecule has 0 aliphatic heterocycles. The Labute approximate surface area is 173 Å². The van der Waals surface area contributed by atoms with Crippen LogP contribution in [0.3, 0.4) is 0 Å². The minimum atomic E-state index is -0.402. The zero-order valence-corrected chi connectivity index (χ0v) is 17.7. The van der Waals surface area contributed by atoms with Crippen molar-refractivity contribution in [3.63, 3.8) is 0 Å². The van der Waals surface area contributed by atoms with Gasteiger partial charge in [-0.1, -0.05) is 32.0 Å². The number of nitrogens with one attached hydrogen (secondary N) is 1. The summed E-state index contributed by atoms with van der Waals surface area (Å²) in [6.07, 6.45) is 0. The topological polar surface area (TPSA) is 90.1 Å². The van der Waals surface area contributed by atoms with Crippen molar-refractivity contribution < 1.29 is 9.72 Å². The van der Waals surface area contributed by atoms with Crippen LogP contribution in [0.25, 0.3) is 0 Å². The Morgan fingerprint density at radius 3 is 2.45 bits per heavy atom. The molecule has 0 spiro atoms. The Morgan fingerprint density at radius 2 is 1.93 bits per heavy atom. The fraction of sp³-hybridized carbons (Fsp3) is 0.333. The first-order chi connectivity index (χ1) is 13.8. The normalized spacial score (nSPS) is 12.2. The Hall–Kier alpha value is -3.00. The van der Waals surface area contributed by atoms with Gasteiger partial charge in [-0.15, -0.1) is 11.3 Å². The Morgan fingerprint density at radius 1 is 1.24 bits per heavy atom. The second kappa shape index (κ2) is 8.57. The molecule has 1 N–H and O–H groups in total. The summed E-state index contributed by atoms with van der Waals surface area (Å²) < 4.78 is 1.62. The molecular weight excluding hydrogens is 388 g/mol. The predicted molar refractivity (Wildman–Crippen MR) is 113 cm³/mol. The summed E-state index contributed by atoms with van der Waals surface area (Å²) in [4.78, 5) is 24.6. The minimum absolute atomic E-state index is 0.0302. The molecule has 0 radical (unpaired) electrons. The van der Waals surface area contributed by atoms with Crippen LogP contribution in [-0.4, -0.2) is 20.6 Å². The number of hydrogen-bond acceptors (Lipinski definition) is 5. The standard InChI is InChI=1S/C21H24N4O3S/c1-13(2)19(18-6-5-11-29-18)22-21(26)17-9-7-16(8-10-17)12-24-15(4)20(25(27)28)14(3)23-24/h5-11,13,19H,12H2,1-4H3,(H,22,26)/t19-/m1/s1. The number of nitro groups is 1. The Bertz CT molecular complexity index is 1010. The lowest BCUT2D eigenvalue weighted by Crippen LogP contribution is -2.31. The van der Waals surface area contributed by atoms with Gasteiger partial charge < -0.3 is 5.32 Å². The van der Waals surface area contributed by atoms with Crippen LogP contribution in [0.1, 0.15) is 52.1 Å². The van der Waals surface area contributed by atoms with E-state index in [1.54, 1.807) is 42.0 Å². The Kier molecular flexibility index (Phi) is 6.12. The quantitative estimate of drug-likeness (QED) is 0.452. The highest BCUT2D eigenvalue weighted by atomic mass is 32.1. The molecule has 2 heterocycles. The molecule has 1 amide bonds. The van der Waals surface area contributed by atoms with Crippen LogP contribution in [0, 0.1) is 29.9 Å². The van der Waals surface area contributed by atoms with Gasteiger partial charge in [0.25, 0.3) is 5.91 Å². The van der Waals surface area contributed by atoms with Crippen LogP contribution in [0.4, 0.5) is 5.69 Å². The van der Waals surface area contributed by atoms with Gasteiger partial charge in [0.1, 0.15) is 11.4 Å². The fourth-order valence-electron chi connectivity index (χ4n) is 3.30. The molecule has 2 aromatic heterocycles. The molecule has 0 unspecified atom stereocenters. The van der Waals surface area contributed by atoms with E-state index in [4.69, 9.17) is 0 Å². The molecule has 3 rings (SSSR count). The summed E-state index contributed by atoms with van der Waals surface area (Å²) in [6, 6.07) is 11.2. The molecular formula is C21H24N4O3S. The largest absolute Gasteiger partial charge is 0.344 e. The van der Waals surface area contributed by atoms with Crippen molar-refractivity contribution in [3.8, 4) is 0 Å². The van der Waals surface area contributed by atoms with E-state index in [1.165, 1.54) is 0 Å². The summed E-state index contributed by atoms with van der Waals surface area (Å²) >= 11 is 1.63. The van der Waals surface area contributed by atoms with Crippen molar-refractivity contribution in [1.82, 2.24) is 15.1 Å². The molecule has 0 saturated heterocycles. The number of carbonyl (C=O) groups is 1. The van der Waals surface area contributed by atoms with E-state index in [0.717, 1.165) is 10.4 Å². The molecule has 0 aliphatic carbocycles. The van der Waals surface area contributed by atoms with E-state index in [2.05, 4.69) is 24.3 Å². The van der Waals surface area contributed by atoms with E-state index in [9.17, 15) is 14.9 Å². The number of nitrogens with zero attached hydrogens (tertiary/aromatic N) is 3. The molecule has 0 aliphatic rings. The maximum atomic E-state index is 12.7. The number of aryl methyl sites for hydroxylation is 1. The van der Waals surface area contributed by atoms with E-state index in [0.29, 0.717) is 23.5 Å². The lowest BCUT2D eigenvalue weighted by molar-refractivity contribution is -0.386. The summed E-state index contributed by atoms with van der Waals surface area (Å²) in [6.45, 7) is 7.90. The minimum Gasteiger partial charge on any atom is -0.344 e.